The number of pyridine rings is 1. The maximum atomic E-state index is 12.2. The molecule has 0 aliphatic rings. The lowest BCUT2D eigenvalue weighted by Crippen LogP contribution is -2.33. The van der Waals surface area contributed by atoms with E-state index in [0.29, 0.717) is 23.7 Å². The van der Waals surface area contributed by atoms with E-state index in [1.807, 2.05) is 19.9 Å². The number of para-hydroxylation sites is 1. The Labute approximate surface area is 134 Å². The third-order valence-corrected chi connectivity index (χ3v) is 3.00. The molecule has 2 amide bonds. The number of carbonyl (C=O) groups excluding carboxylic acids is 2. The zero-order valence-electron chi connectivity index (χ0n) is 13.1. The van der Waals surface area contributed by atoms with Crippen LogP contribution in [0.2, 0.25) is 0 Å². The van der Waals surface area contributed by atoms with Crippen molar-refractivity contribution < 1.29 is 14.3 Å². The summed E-state index contributed by atoms with van der Waals surface area (Å²) in [7, 11) is 0. The van der Waals surface area contributed by atoms with Gasteiger partial charge in [-0.05, 0) is 38.1 Å². The number of benzene rings is 1. The average molecular weight is 313 g/mol. The van der Waals surface area contributed by atoms with Crippen molar-refractivity contribution in [1.82, 2.24) is 10.3 Å². The minimum Gasteiger partial charge on any atom is -0.493 e. The third kappa shape index (κ3) is 4.81. The van der Waals surface area contributed by atoms with Gasteiger partial charge in [0.2, 0.25) is 5.91 Å². The predicted molar refractivity (Wildman–Crippen MR) is 87.5 cm³/mol. The summed E-state index contributed by atoms with van der Waals surface area (Å²) in [5, 5.41) is 5.21. The normalized spacial score (nSPS) is 10.0. The monoisotopic (exact) mass is 313 g/mol. The molecule has 0 atom stereocenters. The summed E-state index contributed by atoms with van der Waals surface area (Å²) in [6, 6.07) is 12.2. The van der Waals surface area contributed by atoms with Crippen molar-refractivity contribution in [3.63, 3.8) is 0 Å². The molecule has 0 unspecified atom stereocenters. The standard InChI is InChI=1S/C17H19N3O3/c1-3-23-14-9-5-4-8-13(14)17(22)18-11-16(21)20-15-10-6-7-12(2)19-15/h4-10H,3,11H2,1-2H3,(H,18,22)(H,19,20,21). The highest BCUT2D eigenvalue weighted by Crippen LogP contribution is 2.17. The summed E-state index contributed by atoms with van der Waals surface area (Å²) in [4.78, 5) is 28.2. The Morgan fingerprint density at radius 2 is 1.91 bits per heavy atom. The molecule has 6 nitrogen and oxygen atoms in total. The molecular weight excluding hydrogens is 294 g/mol. The Bertz CT molecular complexity index is 701. The molecular formula is C17H19N3O3. The highest BCUT2D eigenvalue weighted by Gasteiger charge is 2.13. The summed E-state index contributed by atoms with van der Waals surface area (Å²) in [5.41, 5.74) is 1.20. The van der Waals surface area contributed by atoms with Gasteiger partial charge in [0.25, 0.3) is 5.91 Å². The van der Waals surface area contributed by atoms with Crippen molar-refractivity contribution in [2.75, 3.05) is 18.5 Å². The first-order chi connectivity index (χ1) is 11.1. The molecule has 0 spiro atoms. The average Bonchev–Trinajstić information content (AvgIpc) is 2.53. The first-order valence-corrected chi connectivity index (χ1v) is 7.33. The highest BCUT2D eigenvalue weighted by atomic mass is 16.5. The maximum absolute atomic E-state index is 12.2. The summed E-state index contributed by atoms with van der Waals surface area (Å²) < 4.78 is 5.40. The number of nitrogens with one attached hydrogen (secondary N) is 2. The number of hydrogen-bond donors (Lipinski definition) is 2. The van der Waals surface area contributed by atoms with Gasteiger partial charge in [0.15, 0.2) is 0 Å². The van der Waals surface area contributed by atoms with Crippen molar-refractivity contribution in [1.29, 1.82) is 0 Å². The van der Waals surface area contributed by atoms with Crippen LogP contribution in [0.3, 0.4) is 0 Å². The van der Waals surface area contributed by atoms with Gasteiger partial charge in [0.1, 0.15) is 11.6 Å². The highest BCUT2D eigenvalue weighted by molar-refractivity contribution is 6.00. The minimum atomic E-state index is -0.360. The molecule has 0 aliphatic heterocycles. The quantitative estimate of drug-likeness (QED) is 0.856. The fraction of sp³-hybridized carbons (Fsp3) is 0.235. The van der Waals surface area contributed by atoms with Gasteiger partial charge >= 0.3 is 0 Å². The largest absolute Gasteiger partial charge is 0.493 e. The topological polar surface area (TPSA) is 80.3 Å². The van der Waals surface area contributed by atoms with Crippen LogP contribution in [0.25, 0.3) is 0 Å². The van der Waals surface area contributed by atoms with Crippen molar-refractivity contribution in [2.45, 2.75) is 13.8 Å². The van der Waals surface area contributed by atoms with Crippen LogP contribution >= 0.6 is 0 Å². The van der Waals surface area contributed by atoms with Crippen LogP contribution in [0, 0.1) is 6.92 Å². The van der Waals surface area contributed by atoms with Crippen molar-refractivity contribution in [3.8, 4) is 5.75 Å². The molecule has 2 N–H and O–H groups in total. The van der Waals surface area contributed by atoms with Gasteiger partial charge in [-0.3, -0.25) is 9.59 Å². The summed E-state index contributed by atoms with van der Waals surface area (Å²) in [6.45, 7) is 4.00. The molecule has 0 bridgehead atoms. The zero-order chi connectivity index (χ0) is 16.7. The minimum absolute atomic E-state index is 0.144. The molecule has 0 aliphatic carbocycles. The van der Waals surface area contributed by atoms with Crippen LogP contribution in [0.1, 0.15) is 23.0 Å². The fourth-order valence-corrected chi connectivity index (χ4v) is 1.99. The van der Waals surface area contributed by atoms with E-state index in [0.717, 1.165) is 5.69 Å². The zero-order valence-corrected chi connectivity index (χ0v) is 13.1. The van der Waals surface area contributed by atoms with Crippen molar-refractivity contribution in [3.05, 3.63) is 53.7 Å². The van der Waals surface area contributed by atoms with Crippen LogP contribution < -0.4 is 15.4 Å². The predicted octanol–water partition coefficient (Wildman–Crippen LogP) is 2.16. The molecule has 1 aromatic carbocycles. The van der Waals surface area contributed by atoms with Crippen LogP contribution in [0.5, 0.6) is 5.75 Å². The third-order valence-electron chi connectivity index (χ3n) is 3.00. The van der Waals surface area contributed by atoms with Gasteiger partial charge in [-0.15, -0.1) is 0 Å². The van der Waals surface area contributed by atoms with Gasteiger partial charge < -0.3 is 15.4 Å². The maximum Gasteiger partial charge on any atom is 0.255 e. The van der Waals surface area contributed by atoms with E-state index in [-0.39, 0.29) is 18.4 Å². The molecule has 1 aromatic heterocycles. The van der Waals surface area contributed by atoms with Gasteiger partial charge in [0, 0.05) is 5.69 Å². The number of hydrogen-bond acceptors (Lipinski definition) is 4. The Kier molecular flexibility index (Phi) is 5.68. The van der Waals surface area contributed by atoms with Gasteiger partial charge in [-0.25, -0.2) is 4.98 Å². The Balaban J connectivity index is 1.92. The second-order valence-electron chi connectivity index (χ2n) is 4.82. The SMILES string of the molecule is CCOc1ccccc1C(=O)NCC(=O)Nc1cccc(C)n1. The molecule has 1 heterocycles. The van der Waals surface area contributed by atoms with E-state index in [1.165, 1.54) is 0 Å². The second kappa shape index (κ2) is 7.93. The molecule has 2 aromatic rings. The summed E-state index contributed by atoms with van der Waals surface area (Å²) >= 11 is 0. The van der Waals surface area contributed by atoms with E-state index < -0.39 is 0 Å². The van der Waals surface area contributed by atoms with Crippen LogP contribution in [0.4, 0.5) is 5.82 Å². The van der Waals surface area contributed by atoms with E-state index >= 15 is 0 Å². The Morgan fingerprint density at radius 1 is 1.13 bits per heavy atom. The number of rotatable bonds is 6. The fourth-order valence-electron chi connectivity index (χ4n) is 1.99. The molecule has 0 radical (unpaired) electrons. The lowest BCUT2D eigenvalue weighted by Gasteiger charge is -2.10. The smallest absolute Gasteiger partial charge is 0.255 e. The molecule has 120 valence electrons. The lowest BCUT2D eigenvalue weighted by atomic mass is 10.2. The summed E-state index contributed by atoms with van der Waals surface area (Å²) in [6.07, 6.45) is 0. The molecule has 23 heavy (non-hydrogen) atoms. The van der Waals surface area contributed by atoms with E-state index in [4.69, 9.17) is 4.74 Å². The number of aryl methyl sites for hydroxylation is 1. The van der Waals surface area contributed by atoms with Crippen LogP contribution in [0.15, 0.2) is 42.5 Å². The molecule has 0 saturated heterocycles. The van der Waals surface area contributed by atoms with Crippen molar-refractivity contribution in [2.24, 2.45) is 0 Å². The van der Waals surface area contributed by atoms with E-state index in [1.54, 1.807) is 36.4 Å². The molecule has 2 rings (SSSR count). The van der Waals surface area contributed by atoms with Crippen LogP contribution in [-0.2, 0) is 4.79 Å². The van der Waals surface area contributed by atoms with Crippen molar-refractivity contribution >= 4 is 17.6 Å². The number of amides is 2. The van der Waals surface area contributed by atoms with E-state index in [9.17, 15) is 9.59 Å². The molecule has 6 heteroatoms. The Hall–Kier alpha value is -2.89. The van der Waals surface area contributed by atoms with Gasteiger partial charge in [0.05, 0.1) is 18.7 Å². The Morgan fingerprint density at radius 3 is 2.65 bits per heavy atom. The first kappa shape index (κ1) is 16.5. The molecule has 0 saturated carbocycles. The first-order valence-electron chi connectivity index (χ1n) is 7.33. The second-order valence-corrected chi connectivity index (χ2v) is 4.82. The number of anilines is 1. The van der Waals surface area contributed by atoms with Crippen LogP contribution in [-0.4, -0.2) is 29.9 Å². The number of nitrogens with zero attached hydrogens (tertiary/aromatic N) is 1. The van der Waals surface area contributed by atoms with Gasteiger partial charge in [-0.2, -0.15) is 0 Å². The van der Waals surface area contributed by atoms with E-state index in [2.05, 4.69) is 15.6 Å². The summed E-state index contributed by atoms with van der Waals surface area (Å²) in [5.74, 6) is 0.249. The number of aromatic nitrogens is 1. The lowest BCUT2D eigenvalue weighted by molar-refractivity contribution is -0.115. The molecule has 0 fully saturated rings. The number of carbonyl (C=O) groups is 2. The van der Waals surface area contributed by atoms with Gasteiger partial charge in [-0.1, -0.05) is 18.2 Å². The number of ether oxygens (including phenoxy) is 1.